The Bertz CT molecular complexity index is 938. The third kappa shape index (κ3) is 6.87. The van der Waals surface area contributed by atoms with E-state index in [1.165, 1.54) is 19.4 Å². The summed E-state index contributed by atoms with van der Waals surface area (Å²) in [5.41, 5.74) is 1.49. The largest absolute Gasteiger partial charge is 0.491 e. The van der Waals surface area contributed by atoms with Gasteiger partial charge in [0, 0.05) is 23.4 Å². The van der Waals surface area contributed by atoms with E-state index in [9.17, 15) is 18.4 Å². The van der Waals surface area contributed by atoms with Crippen molar-refractivity contribution in [3.05, 3.63) is 41.2 Å². The van der Waals surface area contributed by atoms with Gasteiger partial charge in [0.1, 0.15) is 5.82 Å². The van der Waals surface area contributed by atoms with Gasteiger partial charge in [0.2, 0.25) is 5.91 Å². The van der Waals surface area contributed by atoms with Crippen molar-refractivity contribution in [3.8, 4) is 11.6 Å². The average Bonchev–Trinajstić information content (AvgIpc) is 2.71. The Balaban J connectivity index is 2.14. The Morgan fingerprint density at radius 3 is 2.48 bits per heavy atom. The van der Waals surface area contributed by atoms with Gasteiger partial charge in [-0.3, -0.25) is 9.59 Å². The minimum absolute atomic E-state index is 0.0552. The summed E-state index contributed by atoms with van der Waals surface area (Å²) in [7, 11) is 1.37. The molecule has 2 rings (SSSR count). The van der Waals surface area contributed by atoms with E-state index in [4.69, 9.17) is 9.47 Å². The number of aromatic nitrogens is 2. The Labute approximate surface area is 179 Å². The van der Waals surface area contributed by atoms with Crippen LogP contribution in [0.15, 0.2) is 24.4 Å². The third-order valence-electron chi connectivity index (χ3n) is 4.24. The van der Waals surface area contributed by atoms with Crippen LogP contribution in [-0.4, -0.2) is 41.9 Å². The molecule has 2 heterocycles. The van der Waals surface area contributed by atoms with E-state index in [2.05, 4.69) is 20.6 Å². The molecule has 8 nitrogen and oxygen atoms in total. The van der Waals surface area contributed by atoms with Crippen molar-refractivity contribution in [1.82, 2.24) is 15.3 Å². The summed E-state index contributed by atoms with van der Waals surface area (Å²) < 4.78 is 34.8. The number of carbonyl (C=O) groups excluding carboxylic acids is 2. The lowest BCUT2D eigenvalue weighted by Crippen LogP contribution is -2.27. The number of nitrogens with zero attached hydrogens (tertiary/aromatic N) is 2. The van der Waals surface area contributed by atoms with E-state index in [-0.39, 0.29) is 29.4 Å². The number of alkyl halides is 2. The monoisotopic (exact) mass is 436 g/mol. The van der Waals surface area contributed by atoms with E-state index >= 15 is 0 Å². The fourth-order valence-corrected chi connectivity index (χ4v) is 2.58. The lowest BCUT2D eigenvalue weighted by molar-refractivity contribution is -0.118. The molecule has 0 fully saturated rings. The molecule has 0 radical (unpaired) electrons. The second-order valence-corrected chi connectivity index (χ2v) is 7.20. The molecule has 31 heavy (non-hydrogen) atoms. The summed E-state index contributed by atoms with van der Waals surface area (Å²) in [5.74, 6) is -0.395. The van der Waals surface area contributed by atoms with Crippen LogP contribution >= 0.6 is 0 Å². The van der Waals surface area contributed by atoms with Gasteiger partial charge >= 0.3 is 0 Å². The molecule has 0 aliphatic rings. The predicted octanol–water partition coefficient (Wildman–Crippen LogP) is 3.52. The zero-order chi connectivity index (χ0) is 23.1. The molecule has 0 aliphatic carbocycles. The third-order valence-corrected chi connectivity index (χ3v) is 4.24. The highest BCUT2D eigenvalue weighted by atomic mass is 19.3. The van der Waals surface area contributed by atoms with Gasteiger partial charge in [-0.25, -0.2) is 18.7 Å². The molecule has 168 valence electrons. The molecule has 0 saturated heterocycles. The number of aryl methyl sites for hydroxylation is 1. The number of methoxy groups -OCH3 is 1. The predicted molar refractivity (Wildman–Crippen MR) is 111 cm³/mol. The minimum atomic E-state index is -2.64. The molecule has 2 amide bonds. The first-order valence-corrected chi connectivity index (χ1v) is 9.66. The summed E-state index contributed by atoms with van der Waals surface area (Å²) in [5, 5.41) is 5.51. The first kappa shape index (κ1) is 24.0. The van der Waals surface area contributed by atoms with Crippen molar-refractivity contribution >= 4 is 17.6 Å². The summed E-state index contributed by atoms with van der Waals surface area (Å²) in [6.07, 6.45) is -1.22. The van der Waals surface area contributed by atoms with E-state index < -0.39 is 19.1 Å². The number of pyridine rings is 2. The summed E-state index contributed by atoms with van der Waals surface area (Å²) in [4.78, 5) is 32.9. The first-order chi connectivity index (χ1) is 14.6. The number of carbonyl (C=O) groups is 2. The summed E-state index contributed by atoms with van der Waals surface area (Å²) >= 11 is 0. The topological polar surface area (TPSA) is 102 Å². The Morgan fingerprint density at radius 2 is 1.87 bits per heavy atom. The smallest absolute Gasteiger partial charge is 0.272 e. The molecular formula is C21H26F2N4O4. The number of hydrogen-bond donors (Lipinski definition) is 2. The van der Waals surface area contributed by atoms with Crippen molar-refractivity contribution < 1.29 is 27.8 Å². The highest BCUT2D eigenvalue weighted by molar-refractivity contribution is 5.97. The zero-order valence-electron chi connectivity index (χ0n) is 18.0. The van der Waals surface area contributed by atoms with Crippen LogP contribution < -0.4 is 20.1 Å². The molecule has 0 aromatic carbocycles. The molecule has 0 aliphatic heterocycles. The van der Waals surface area contributed by atoms with Gasteiger partial charge in [-0.15, -0.1) is 0 Å². The highest BCUT2D eigenvalue weighted by Gasteiger charge is 2.18. The lowest BCUT2D eigenvalue weighted by atomic mass is 10.1. The Hall–Kier alpha value is -3.30. The Morgan fingerprint density at radius 1 is 1.16 bits per heavy atom. The van der Waals surface area contributed by atoms with Crippen molar-refractivity contribution in [2.75, 3.05) is 19.0 Å². The van der Waals surface area contributed by atoms with E-state index in [0.29, 0.717) is 22.6 Å². The van der Waals surface area contributed by atoms with Crippen molar-refractivity contribution in [2.24, 2.45) is 5.92 Å². The number of anilines is 1. The van der Waals surface area contributed by atoms with E-state index in [0.717, 1.165) is 0 Å². The molecule has 2 N–H and O–H groups in total. The van der Waals surface area contributed by atoms with Gasteiger partial charge in [0.25, 0.3) is 18.2 Å². The minimum Gasteiger partial charge on any atom is -0.491 e. The van der Waals surface area contributed by atoms with Crippen LogP contribution in [0, 0.1) is 12.8 Å². The highest BCUT2D eigenvalue weighted by Crippen LogP contribution is 2.28. The molecular weight excluding hydrogens is 410 g/mol. The molecule has 0 bridgehead atoms. The maximum atomic E-state index is 12.7. The van der Waals surface area contributed by atoms with E-state index in [1.54, 1.807) is 39.8 Å². The molecule has 0 spiro atoms. The number of halogens is 2. The van der Waals surface area contributed by atoms with Crippen LogP contribution in [0.3, 0.4) is 0 Å². The van der Waals surface area contributed by atoms with Gasteiger partial charge < -0.3 is 20.1 Å². The van der Waals surface area contributed by atoms with Crippen LogP contribution in [0.25, 0.3) is 0 Å². The van der Waals surface area contributed by atoms with Gasteiger partial charge in [0.05, 0.1) is 13.2 Å². The SMILES string of the molecule is COc1cc(C(C)NC(=O)c2cc(C)nc(NC(=O)C(C)C)c2)cnc1OCC(F)F. The Kier molecular flexibility index (Phi) is 8.23. The molecule has 1 unspecified atom stereocenters. The van der Waals surface area contributed by atoms with Gasteiger partial charge in [0.15, 0.2) is 12.4 Å². The van der Waals surface area contributed by atoms with Crippen molar-refractivity contribution in [1.29, 1.82) is 0 Å². The quantitative estimate of drug-likeness (QED) is 0.624. The van der Waals surface area contributed by atoms with Crippen LogP contribution in [0.2, 0.25) is 0 Å². The number of nitrogens with one attached hydrogen (secondary N) is 2. The maximum absolute atomic E-state index is 12.7. The summed E-state index contributed by atoms with van der Waals surface area (Å²) in [6.45, 7) is 6.17. The first-order valence-electron chi connectivity index (χ1n) is 9.66. The standard InChI is InChI=1S/C21H26F2N4O4/c1-11(2)19(28)27-18-8-14(6-12(3)25-18)20(29)26-13(4)15-7-16(30-5)21(24-9-15)31-10-17(22)23/h6-9,11,13,17H,10H2,1-5H3,(H,26,29)(H,25,27,28). The number of ether oxygens (including phenoxy) is 2. The molecule has 10 heteroatoms. The molecule has 2 aromatic heterocycles. The van der Waals surface area contributed by atoms with Crippen LogP contribution in [0.1, 0.15) is 48.4 Å². The second-order valence-electron chi connectivity index (χ2n) is 7.20. The van der Waals surface area contributed by atoms with Gasteiger partial charge in [-0.05, 0) is 37.6 Å². The second kappa shape index (κ2) is 10.6. The van der Waals surface area contributed by atoms with Crippen molar-refractivity contribution in [2.45, 2.75) is 40.2 Å². The summed E-state index contributed by atoms with van der Waals surface area (Å²) in [6, 6.07) is 4.19. The lowest BCUT2D eigenvalue weighted by Gasteiger charge is -2.17. The van der Waals surface area contributed by atoms with Crippen LogP contribution in [0.5, 0.6) is 11.6 Å². The maximum Gasteiger partial charge on any atom is 0.272 e. The molecule has 2 aromatic rings. The average molecular weight is 436 g/mol. The van der Waals surface area contributed by atoms with Gasteiger partial charge in [-0.1, -0.05) is 13.8 Å². The molecule has 1 atom stereocenters. The fraction of sp³-hybridized carbons (Fsp3) is 0.429. The number of amides is 2. The van der Waals surface area contributed by atoms with Crippen LogP contribution in [0.4, 0.5) is 14.6 Å². The van der Waals surface area contributed by atoms with Gasteiger partial charge in [-0.2, -0.15) is 0 Å². The normalized spacial score (nSPS) is 11.9. The molecule has 0 saturated carbocycles. The zero-order valence-corrected chi connectivity index (χ0v) is 18.0. The fourth-order valence-electron chi connectivity index (χ4n) is 2.58. The van der Waals surface area contributed by atoms with E-state index in [1.807, 2.05) is 0 Å². The number of rotatable bonds is 9. The number of hydrogen-bond acceptors (Lipinski definition) is 6. The van der Waals surface area contributed by atoms with Crippen molar-refractivity contribution in [3.63, 3.8) is 0 Å². The van der Waals surface area contributed by atoms with Crippen LogP contribution in [-0.2, 0) is 4.79 Å².